The fourth-order valence-electron chi connectivity index (χ4n) is 3.99. The zero-order valence-corrected chi connectivity index (χ0v) is 22.5. The van der Waals surface area contributed by atoms with E-state index in [4.69, 9.17) is 25.8 Å². The van der Waals surface area contributed by atoms with E-state index in [0.29, 0.717) is 42.5 Å². The summed E-state index contributed by atoms with van der Waals surface area (Å²) in [4.78, 5) is 43.2. The van der Waals surface area contributed by atoms with E-state index in [2.05, 4.69) is 4.99 Å². The number of thiazole rings is 1. The molecule has 0 saturated carbocycles. The number of ether oxygens (including phenoxy) is 3. The van der Waals surface area contributed by atoms with Crippen LogP contribution >= 0.6 is 22.9 Å². The molecule has 0 radical (unpaired) electrons. The van der Waals surface area contributed by atoms with Gasteiger partial charge in [-0.15, -0.1) is 0 Å². The number of esters is 2. The molecule has 1 aliphatic rings. The van der Waals surface area contributed by atoms with Crippen LogP contribution in [0.3, 0.4) is 0 Å². The fourth-order valence-corrected chi connectivity index (χ4v) is 5.16. The van der Waals surface area contributed by atoms with Crippen LogP contribution in [0.1, 0.15) is 44.9 Å². The van der Waals surface area contributed by atoms with Gasteiger partial charge in [0.25, 0.3) is 5.56 Å². The molecule has 1 aromatic heterocycles. The zero-order chi connectivity index (χ0) is 26.9. The van der Waals surface area contributed by atoms with Gasteiger partial charge in [0.15, 0.2) is 16.3 Å². The molecule has 1 unspecified atom stereocenters. The highest BCUT2D eigenvalue weighted by atomic mass is 35.5. The van der Waals surface area contributed by atoms with Crippen LogP contribution in [0.15, 0.2) is 63.5 Å². The van der Waals surface area contributed by atoms with Gasteiger partial charge in [-0.05, 0) is 62.2 Å². The number of methoxy groups -OCH3 is 1. The Morgan fingerprint density at radius 1 is 1.14 bits per heavy atom. The van der Waals surface area contributed by atoms with E-state index in [1.165, 1.54) is 29.9 Å². The number of nitrogens with zero attached hydrogens (tertiary/aromatic N) is 2. The molecular weight excluding hydrogens is 516 g/mol. The fraction of sp³-hybridized carbons (Fsp3) is 0.259. The number of aromatic nitrogens is 1. The van der Waals surface area contributed by atoms with E-state index in [-0.39, 0.29) is 17.4 Å². The molecule has 3 aromatic rings. The van der Waals surface area contributed by atoms with Crippen LogP contribution in [0, 0.1) is 0 Å². The van der Waals surface area contributed by atoms with E-state index in [9.17, 15) is 14.4 Å². The summed E-state index contributed by atoms with van der Waals surface area (Å²) < 4.78 is 17.9. The number of allylic oxidation sites excluding steroid dienone is 1. The molecule has 8 nitrogen and oxygen atoms in total. The first kappa shape index (κ1) is 26.4. The molecule has 10 heteroatoms. The SMILES string of the molecule is COc1cc(/C=c2\sc3n(c2=O)C(c2ccc(Cl)cc2)C(C(=O)OC(C)C)=C(C)N=3)ccc1OC(C)=O. The Morgan fingerprint density at radius 2 is 1.84 bits per heavy atom. The lowest BCUT2D eigenvalue weighted by atomic mass is 9.96. The third-order valence-corrected chi connectivity index (χ3v) is 6.74. The number of halogens is 1. The summed E-state index contributed by atoms with van der Waals surface area (Å²) in [5.41, 5.74) is 1.83. The van der Waals surface area contributed by atoms with E-state index < -0.39 is 18.0 Å². The molecule has 192 valence electrons. The monoisotopic (exact) mass is 540 g/mol. The van der Waals surface area contributed by atoms with Crippen molar-refractivity contribution in [3.63, 3.8) is 0 Å². The molecule has 37 heavy (non-hydrogen) atoms. The lowest BCUT2D eigenvalue weighted by Gasteiger charge is -2.25. The minimum atomic E-state index is -0.734. The van der Waals surface area contributed by atoms with Gasteiger partial charge < -0.3 is 14.2 Å². The predicted molar refractivity (Wildman–Crippen MR) is 141 cm³/mol. The van der Waals surface area contributed by atoms with Crippen molar-refractivity contribution >= 4 is 41.0 Å². The average molecular weight is 541 g/mol. The van der Waals surface area contributed by atoms with Crippen LogP contribution in [0.5, 0.6) is 11.5 Å². The Morgan fingerprint density at radius 3 is 2.46 bits per heavy atom. The summed E-state index contributed by atoms with van der Waals surface area (Å²) in [5, 5.41) is 0.536. The van der Waals surface area contributed by atoms with E-state index >= 15 is 0 Å². The number of carbonyl (C=O) groups excluding carboxylic acids is 2. The van der Waals surface area contributed by atoms with Crippen LogP contribution in [0.2, 0.25) is 5.02 Å². The van der Waals surface area contributed by atoms with Crippen molar-refractivity contribution in [2.75, 3.05) is 7.11 Å². The topological polar surface area (TPSA) is 96.2 Å². The van der Waals surface area contributed by atoms with Crippen molar-refractivity contribution in [3.8, 4) is 11.5 Å². The summed E-state index contributed by atoms with van der Waals surface area (Å²) in [5.74, 6) is -0.370. The van der Waals surface area contributed by atoms with Crippen LogP contribution < -0.4 is 24.4 Å². The molecule has 2 aromatic carbocycles. The second-order valence-corrected chi connectivity index (χ2v) is 10.0. The molecule has 4 rings (SSSR count). The third kappa shape index (κ3) is 5.52. The molecule has 2 heterocycles. The second-order valence-electron chi connectivity index (χ2n) is 8.59. The van der Waals surface area contributed by atoms with E-state index in [0.717, 1.165) is 0 Å². The van der Waals surface area contributed by atoms with Crippen molar-refractivity contribution in [1.29, 1.82) is 0 Å². The summed E-state index contributed by atoms with van der Waals surface area (Å²) >= 11 is 7.31. The van der Waals surface area contributed by atoms with Crippen LogP contribution in [0.4, 0.5) is 0 Å². The van der Waals surface area contributed by atoms with Crippen molar-refractivity contribution in [2.45, 2.75) is 39.8 Å². The number of carbonyl (C=O) groups is 2. The third-order valence-electron chi connectivity index (χ3n) is 5.51. The first-order chi connectivity index (χ1) is 17.6. The molecule has 1 atom stereocenters. The Bertz CT molecular complexity index is 1580. The maximum atomic E-state index is 13.7. The number of fused-ring (bicyclic) bond motifs is 1. The quantitative estimate of drug-likeness (QED) is 0.349. The van der Waals surface area contributed by atoms with Gasteiger partial charge in [-0.3, -0.25) is 14.2 Å². The highest BCUT2D eigenvalue weighted by molar-refractivity contribution is 7.07. The van der Waals surface area contributed by atoms with Gasteiger partial charge in [0.05, 0.1) is 35.1 Å². The van der Waals surface area contributed by atoms with Crippen molar-refractivity contribution in [2.24, 2.45) is 4.99 Å². The minimum absolute atomic E-state index is 0.278. The molecular formula is C27H25ClN2O6S. The van der Waals surface area contributed by atoms with Gasteiger partial charge in [-0.1, -0.05) is 41.1 Å². The first-order valence-corrected chi connectivity index (χ1v) is 12.6. The number of benzene rings is 2. The molecule has 0 fully saturated rings. The highest BCUT2D eigenvalue weighted by Gasteiger charge is 2.33. The Balaban J connectivity index is 1.88. The maximum absolute atomic E-state index is 13.7. The van der Waals surface area contributed by atoms with Gasteiger partial charge in [0, 0.05) is 11.9 Å². The molecule has 0 aliphatic carbocycles. The number of rotatable bonds is 6. The Kier molecular flexibility index (Phi) is 7.65. The molecule has 1 aliphatic heterocycles. The predicted octanol–water partition coefficient (Wildman–Crippen LogP) is 3.77. The summed E-state index contributed by atoms with van der Waals surface area (Å²) in [6, 6.07) is 11.2. The van der Waals surface area contributed by atoms with Gasteiger partial charge in [0.2, 0.25) is 0 Å². The molecule has 0 spiro atoms. The van der Waals surface area contributed by atoms with Gasteiger partial charge in [-0.2, -0.15) is 0 Å². The first-order valence-electron chi connectivity index (χ1n) is 11.4. The lowest BCUT2D eigenvalue weighted by molar-refractivity contribution is -0.143. The van der Waals surface area contributed by atoms with Crippen molar-refractivity contribution < 1.29 is 23.8 Å². The van der Waals surface area contributed by atoms with Crippen LogP contribution in [0.25, 0.3) is 6.08 Å². The molecule has 0 bridgehead atoms. The van der Waals surface area contributed by atoms with Crippen LogP contribution in [-0.2, 0) is 14.3 Å². The van der Waals surface area contributed by atoms with E-state index in [1.807, 2.05) is 0 Å². The standard InChI is InChI=1S/C27H25ClN2O6S/c1-14(2)35-26(33)23-15(3)29-27-30(24(23)18-7-9-19(28)10-8-18)25(32)22(37-27)13-17-6-11-20(36-16(4)31)21(12-17)34-5/h6-14,24H,1-5H3/b22-13-. The van der Waals surface area contributed by atoms with Gasteiger partial charge in [-0.25, -0.2) is 9.79 Å². The van der Waals surface area contributed by atoms with E-state index in [1.54, 1.807) is 69.3 Å². The Hall–Kier alpha value is -3.69. The average Bonchev–Trinajstić information content (AvgIpc) is 3.13. The number of hydrogen-bond donors (Lipinski definition) is 0. The van der Waals surface area contributed by atoms with Gasteiger partial charge in [0.1, 0.15) is 0 Å². The Labute approximate surface area is 222 Å². The maximum Gasteiger partial charge on any atom is 0.338 e. The highest BCUT2D eigenvalue weighted by Crippen LogP contribution is 2.32. The summed E-state index contributed by atoms with van der Waals surface area (Å²) in [6.45, 7) is 6.57. The molecule has 0 saturated heterocycles. The molecule has 0 N–H and O–H groups in total. The van der Waals surface area contributed by atoms with Crippen molar-refractivity contribution in [3.05, 3.63) is 89.6 Å². The van der Waals surface area contributed by atoms with Crippen LogP contribution in [-0.4, -0.2) is 29.7 Å². The van der Waals surface area contributed by atoms with Gasteiger partial charge >= 0.3 is 11.9 Å². The smallest absolute Gasteiger partial charge is 0.338 e. The lowest BCUT2D eigenvalue weighted by Crippen LogP contribution is -2.40. The largest absolute Gasteiger partial charge is 0.493 e. The molecule has 0 amide bonds. The van der Waals surface area contributed by atoms with Crippen molar-refractivity contribution in [1.82, 2.24) is 4.57 Å². The number of hydrogen-bond acceptors (Lipinski definition) is 8. The minimum Gasteiger partial charge on any atom is -0.493 e. The second kappa shape index (κ2) is 10.7. The summed E-state index contributed by atoms with van der Waals surface area (Å²) in [6.07, 6.45) is 1.36. The normalized spacial score (nSPS) is 15.3. The zero-order valence-electron chi connectivity index (χ0n) is 20.9. The summed E-state index contributed by atoms with van der Waals surface area (Å²) in [7, 11) is 1.46.